The number of unbranched alkanes of at least 4 members (excludes halogenated alkanes) is 1. The molecule has 9 heavy (non-hydrogen) atoms. The van der Waals surface area contributed by atoms with Crippen LogP contribution in [0.4, 0.5) is 0 Å². The van der Waals surface area contributed by atoms with Crippen molar-refractivity contribution < 1.29 is 1.41 Å². The molecule has 0 spiro atoms. The van der Waals surface area contributed by atoms with Crippen LogP contribution in [0.15, 0.2) is 4.99 Å². The Morgan fingerprint density at radius 3 is 2.78 bits per heavy atom. The first-order valence-electron chi connectivity index (χ1n) is 3.47. The van der Waals surface area contributed by atoms with Crippen molar-refractivity contribution >= 4 is 5.96 Å². The van der Waals surface area contributed by atoms with Gasteiger partial charge in [0.25, 0.3) is 0 Å². The molecule has 0 heterocycles. The third kappa shape index (κ3) is 7.23. The zero-order valence-electron chi connectivity index (χ0n) is 6.43. The molecule has 0 aromatic carbocycles. The lowest BCUT2D eigenvalue weighted by Crippen LogP contribution is -2.23. The van der Waals surface area contributed by atoms with Gasteiger partial charge >= 0.3 is 0 Å². The molecule has 4 heteroatoms. The van der Waals surface area contributed by atoms with Crippen LogP contribution in [0.1, 0.15) is 12.8 Å². The summed E-state index contributed by atoms with van der Waals surface area (Å²) in [6, 6.07) is 0. The van der Waals surface area contributed by atoms with Gasteiger partial charge in [0.2, 0.25) is 0 Å². The van der Waals surface area contributed by atoms with E-state index in [2.05, 4.69) is 10.7 Å². The van der Waals surface area contributed by atoms with Crippen LogP contribution >= 0.6 is 0 Å². The number of nitrogens with zero attached hydrogens (tertiary/aromatic N) is 1. The Morgan fingerprint density at radius 2 is 2.22 bits per heavy atom. The predicted molar refractivity (Wildman–Crippen MR) is 39.0 cm³/mol. The molecule has 0 fully saturated rings. The Balaban J connectivity index is 2.98. The maximum atomic E-state index is 6.59. The largest absolute Gasteiger partial charge is 0.370 e. The van der Waals surface area contributed by atoms with Gasteiger partial charge in [0.15, 0.2) is 5.96 Å². The van der Waals surface area contributed by atoms with Gasteiger partial charge in [-0.25, -0.2) is 0 Å². The molecule has 0 aromatic rings. The summed E-state index contributed by atoms with van der Waals surface area (Å²) in [7, 11) is 0. The van der Waals surface area contributed by atoms with Crippen molar-refractivity contribution in [1.82, 2.24) is 0 Å². The normalized spacial score (nSPS) is 10.4. The minimum absolute atomic E-state index is 0.138. The molecule has 0 saturated carbocycles. The third-order valence-electron chi connectivity index (χ3n) is 0.879. The van der Waals surface area contributed by atoms with Gasteiger partial charge < -0.3 is 17.2 Å². The summed E-state index contributed by atoms with van der Waals surface area (Å²) >= 11 is 0. The second-order valence-corrected chi connectivity index (χ2v) is 1.76. The van der Waals surface area contributed by atoms with Gasteiger partial charge in [0, 0.05) is 6.54 Å². The number of aliphatic imine (C=N–C) groups is 1. The molecule has 0 rings (SSSR count). The summed E-state index contributed by atoms with van der Waals surface area (Å²) in [4.78, 5) is 3.78. The van der Waals surface area contributed by atoms with E-state index in [1.165, 1.54) is 0 Å². The van der Waals surface area contributed by atoms with Crippen LogP contribution in [0.5, 0.6) is 0 Å². The molecule has 0 unspecified atom stereocenters. The Hall–Kier alpha value is -0.770. The number of rotatable bonds is 5. The number of nitrogens with two attached hydrogens (primary N) is 3. The van der Waals surface area contributed by atoms with Crippen LogP contribution in [0.3, 0.4) is 0 Å². The van der Waals surface area contributed by atoms with Crippen molar-refractivity contribution in [2.45, 2.75) is 12.8 Å². The molecule has 0 aliphatic carbocycles. The zero-order valence-corrected chi connectivity index (χ0v) is 5.43. The number of hydrogen-bond acceptors (Lipinski definition) is 2. The average Bonchev–Trinajstić information content (AvgIpc) is 1.87. The summed E-state index contributed by atoms with van der Waals surface area (Å²) in [6.45, 7) is 1.35. The summed E-state index contributed by atoms with van der Waals surface area (Å²) in [5.41, 5.74) is 12.5. The fourth-order valence-corrected chi connectivity index (χ4v) is 0.445. The second kappa shape index (κ2) is 5.37. The van der Waals surface area contributed by atoms with Crippen LogP contribution in [0.25, 0.3) is 0 Å². The van der Waals surface area contributed by atoms with E-state index in [1.54, 1.807) is 0 Å². The molecule has 0 aliphatic heterocycles. The van der Waals surface area contributed by atoms with Gasteiger partial charge in [-0.05, 0) is 19.4 Å². The molecule has 0 aliphatic rings. The van der Waals surface area contributed by atoms with E-state index < -0.39 is 0 Å². The quantitative estimate of drug-likeness (QED) is 0.254. The molecule has 4 nitrogen and oxygen atoms in total. The zero-order chi connectivity index (χ0) is 7.82. The fraction of sp³-hybridized carbons (Fsp3) is 0.800. The minimum atomic E-state index is 0.138. The summed E-state index contributed by atoms with van der Waals surface area (Å²) in [6.07, 6.45) is 1.85. The van der Waals surface area contributed by atoms with Crippen molar-refractivity contribution in [3.05, 3.63) is 0 Å². The molecule has 0 saturated heterocycles. The maximum absolute atomic E-state index is 6.59. The van der Waals surface area contributed by atoms with Crippen molar-refractivity contribution in [2.75, 3.05) is 13.1 Å². The first kappa shape index (κ1) is 6.35. The molecule has 0 bridgehead atoms. The van der Waals surface area contributed by atoms with Crippen molar-refractivity contribution in [1.29, 1.82) is 0 Å². The third-order valence-corrected chi connectivity index (χ3v) is 0.879. The van der Waals surface area contributed by atoms with E-state index in [9.17, 15) is 0 Å². The molecule has 6 N–H and O–H groups in total. The summed E-state index contributed by atoms with van der Waals surface area (Å²) < 4.78 is 6.59. The Morgan fingerprint density at radius 1 is 1.44 bits per heavy atom. The second-order valence-electron chi connectivity index (χ2n) is 1.76. The van der Waals surface area contributed by atoms with E-state index in [0.717, 1.165) is 12.8 Å². The van der Waals surface area contributed by atoms with Crippen molar-refractivity contribution in [3.63, 3.8) is 0 Å². The molecular weight excluding hydrogens is 116 g/mol. The highest BCUT2D eigenvalue weighted by Gasteiger charge is 1.82. The van der Waals surface area contributed by atoms with E-state index >= 15 is 0 Å². The van der Waals surface area contributed by atoms with Crippen LogP contribution < -0.4 is 17.2 Å². The highest BCUT2D eigenvalue weighted by Crippen LogP contribution is 1.84. The van der Waals surface area contributed by atoms with E-state index in [-0.39, 0.29) is 5.96 Å². The van der Waals surface area contributed by atoms with Gasteiger partial charge in [-0.3, -0.25) is 4.99 Å². The van der Waals surface area contributed by atoms with E-state index in [0.29, 0.717) is 13.1 Å². The first-order chi connectivity index (χ1) is 4.77. The van der Waals surface area contributed by atoms with E-state index in [1.807, 2.05) is 0 Å². The van der Waals surface area contributed by atoms with Crippen LogP contribution in [-0.2, 0) is 0 Å². The van der Waals surface area contributed by atoms with Crippen LogP contribution in [-0.4, -0.2) is 19.0 Å². The summed E-state index contributed by atoms with van der Waals surface area (Å²) in [5.74, 6) is 0.138. The average molecular weight is 131 g/mol. The summed E-state index contributed by atoms with van der Waals surface area (Å²) in [5, 5.41) is 0. The smallest absolute Gasteiger partial charge is 0.185 e. The topological polar surface area (TPSA) is 90.4 Å². The standard InChI is InChI=1S/C5H14N4/c6-3-1-2-4-9-5(7)8/h1-4,6H2,(H4,7,8,9)/i/hD. The maximum Gasteiger partial charge on any atom is 0.185 e. The highest BCUT2D eigenvalue weighted by molar-refractivity contribution is 5.75. The SMILES string of the molecule is [2H]NCCCCN=C(N)N. The van der Waals surface area contributed by atoms with Crippen molar-refractivity contribution in [2.24, 2.45) is 22.2 Å². The number of hydrogen-bond donors (Lipinski definition) is 3. The number of guanidine groups is 1. The lowest BCUT2D eigenvalue weighted by Gasteiger charge is -1.92. The predicted octanol–water partition coefficient (Wildman–Crippen LogP) is -1.00. The van der Waals surface area contributed by atoms with Gasteiger partial charge in [0.05, 0.1) is 0 Å². The van der Waals surface area contributed by atoms with Crippen LogP contribution in [0, 0.1) is 0 Å². The monoisotopic (exact) mass is 131 g/mol. The van der Waals surface area contributed by atoms with Gasteiger partial charge in [-0.1, -0.05) is 0 Å². The van der Waals surface area contributed by atoms with Gasteiger partial charge in [-0.2, -0.15) is 0 Å². The van der Waals surface area contributed by atoms with Crippen LogP contribution in [0.2, 0.25) is 1.41 Å². The minimum Gasteiger partial charge on any atom is -0.370 e. The molecular formula is C5H14N4. The Bertz CT molecular complexity index is 99.8. The fourth-order valence-electron chi connectivity index (χ4n) is 0.445. The molecule has 0 atom stereocenters. The molecule has 0 amide bonds. The van der Waals surface area contributed by atoms with E-state index in [4.69, 9.17) is 12.9 Å². The highest BCUT2D eigenvalue weighted by atomic mass is 15.0. The Kier molecular flexibility index (Phi) is 3.79. The molecule has 54 valence electrons. The lowest BCUT2D eigenvalue weighted by molar-refractivity contribution is 0.755. The van der Waals surface area contributed by atoms with Crippen molar-refractivity contribution in [3.8, 4) is 0 Å². The Labute approximate surface area is 56.6 Å². The van der Waals surface area contributed by atoms with Gasteiger partial charge in [-0.15, -0.1) is 0 Å². The van der Waals surface area contributed by atoms with Gasteiger partial charge in [0.1, 0.15) is 1.41 Å². The molecule has 0 aromatic heterocycles. The molecule has 0 radical (unpaired) electrons. The lowest BCUT2D eigenvalue weighted by atomic mass is 10.3. The first-order valence-corrected chi connectivity index (χ1v) is 2.97.